The van der Waals surface area contributed by atoms with Gasteiger partial charge in [-0.1, -0.05) is 58.9 Å². The minimum Gasteiger partial charge on any atom is -0.493 e. The molecule has 5 nitrogen and oxygen atoms in total. The molecule has 34 heavy (non-hydrogen) atoms. The second kappa shape index (κ2) is 11.5. The Hall–Kier alpha value is -0.730. The van der Waals surface area contributed by atoms with Crippen LogP contribution in [0.1, 0.15) is 0 Å². The van der Waals surface area contributed by atoms with Crippen LogP contribution in [0.2, 0.25) is 10.0 Å². The zero-order valence-electron chi connectivity index (χ0n) is 18.1. The lowest BCUT2D eigenvalue weighted by molar-refractivity contribution is -0.635. The Bertz CT molecular complexity index is 1270. The predicted molar refractivity (Wildman–Crippen MR) is 160 cm³/mol. The molecule has 0 spiro atoms. The zero-order valence-corrected chi connectivity index (χ0v) is 25.6. The van der Waals surface area contributed by atoms with Gasteiger partial charge in [-0.05, 0) is 69.4 Å². The van der Waals surface area contributed by atoms with Crippen molar-refractivity contribution in [2.75, 3.05) is 20.0 Å². The van der Waals surface area contributed by atoms with Gasteiger partial charge in [-0.15, -0.1) is 0 Å². The first kappa shape index (κ1) is 26.3. The fourth-order valence-corrected chi connectivity index (χ4v) is 7.26. The molecule has 0 unspecified atom stereocenters. The van der Waals surface area contributed by atoms with E-state index in [4.69, 9.17) is 38.4 Å². The summed E-state index contributed by atoms with van der Waals surface area (Å²) in [5, 5.41) is 1.50. The molecule has 0 radical (unpaired) electrons. The summed E-state index contributed by atoms with van der Waals surface area (Å²) in [5.74, 6) is 3.07. The fraction of sp³-hybridized carbons (Fsp3) is 0.174. The molecule has 1 aromatic heterocycles. The molecule has 178 valence electrons. The highest BCUT2D eigenvalue weighted by Crippen LogP contribution is 2.37. The van der Waals surface area contributed by atoms with E-state index in [2.05, 4.69) is 54.3 Å². The molecule has 0 bridgehead atoms. The minimum absolute atomic E-state index is 0.583. The maximum absolute atomic E-state index is 6.71. The minimum atomic E-state index is 0.583. The molecule has 0 aliphatic heterocycles. The van der Waals surface area contributed by atoms with E-state index in [1.165, 1.54) is 0 Å². The van der Waals surface area contributed by atoms with Crippen molar-refractivity contribution in [3.8, 4) is 11.5 Å². The van der Waals surface area contributed by atoms with Crippen LogP contribution in [0.15, 0.2) is 58.3 Å². The second-order valence-electron chi connectivity index (χ2n) is 7.06. The number of thioether (sulfide) groups is 2. The maximum atomic E-state index is 6.71. The van der Waals surface area contributed by atoms with Crippen LogP contribution in [0, 0.1) is 7.14 Å². The van der Waals surface area contributed by atoms with E-state index in [1.54, 1.807) is 37.7 Å². The van der Waals surface area contributed by atoms with E-state index >= 15 is 0 Å². The van der Waals surface area contributed by atoms with Gasteiger partial charge in [0.2, 0.25) is 0 Å². The van der Waals surface area contributed by atoms with Gasteiger partial charge in [0.1, 0.15) is 22.8 Å². The van der Waals surface area contributed by atoms with E-state index in [0.717, 1.165) is 38.0 Å². The number of nitrogens with zero attached hydrogens (tertiary/aromatic N) is 2. The number of halogens is 4. The summed E-state index contributed by atoms with van der Waals surface area (Å²) >= 11 is 20.8. The molecule has 0 fully saturated rings. The van der Waals surface area contributed by atoms with E-state index in [-0.39, 0.29) is 0 Å². The molecule has 0 saturated heterocycles. The summed E-state index contributed by atoms with van der Waals surface area (Å²) in [6.07, 6.45) is 0. The third-order valence-electron chi connectivity index (χ3n) is 5.15. The number of imidazole rings is 1. The fourth-order valence-electron chi connectivity index (χ4n) is 3.41. The summed E-state index contributed by atoms with van der Waals surface area (Å²) in [6, 6.07) is 15.9. The number of methoxy groups -OCH3 is 2. The lowest BCUT2D eigenvalue weighted by Crippen LogP contribution is -2.35. The van der Waals surface area contributed by atoms with Crippen LogP contribution in [0.5, 0.6) is 11.5 Å². The van der Waals surface area contributed by atoms with Crippen molar-refractivity contribution in [1.29, 1.82) is 0 Å². The Morgan fingerprint density at radius 3 is 2.06 bits per heavy atom. The standard InChI is InChI=1S/C23H19Cl2I2N3O2S2/c1-31-17-9-15-16(10-18(17)32-2)30(12-34-20-8-4-6-14(27)22(20)25)23(28)29(15)11-33-19-7-3-5-13(26)21(19)24/h3-10,28H,11-12H2,1-2H3/p+1. The summed E-state index contributed by atoms with van der Waals surface area (Å²) in [5.41, 5.74) is 8.60. The molecule has 4 rings (SSSR count). The first-order valence-corrected chi connectivity index (χ1v) is 14.8. The van der Waals surface area contributed by atoms with Gasteiger partial charge in [-0.2, -0.15) is 0 Å². The normalized spacial score (nSPS) is 11.2. The lowest BCUT2D eigenvalue weighted by Gasteiger charge is -2.08. The number of nitrogen functional groups attached to an aromatic ring is 1. The monoisotopic (exact) mass is 758 g/mol. The summed E-state index contributed by atoms with van der Waals surface area (Å²) in [4.78, 5) is 2.00. The third kappa shape index (κ3) is 5.34. The van der Waals surface area contributed by atoms with Crippen molar-refractivity contribution < 1.29 is 14.0 Å². The molecule has 11 heteroatoms. The molecule has 3 aromatic carbocycles. The Morgan fingerprint density at radius 1 is 0.912 bits per heavy atom. The van der Waals surface area contributed by atoms with Gasteiger partial charge in [0, 0.05) is 29.1 Å². The molecule has 2 N–H and O–H groups in total. The number of rotatable bonds is 8. The van der Waals surface area contributed by atoms with Crippen LogP contribution < -0.4 is 19.8 Å². The van der Waals surface area contributed by atoms with Crippen LogP contribution in [0.25, 0.3) is 11.0 Å². The van der Waals surface area contributed by atoms with E-state index in [1.807, 2.05) is 48.5 Å². The highest BCUT2D eigenvalue weighted by atomic mass is 127. The molecule has 0 aliphatic rings. The zero-order chi connectivity index (χ0) is 24.4. The van der Waals surface area contributed by atoms with Gasteiger partial charge in [0.25, 0.3) is 0 Å². The molecule has 1 heterocycles. The highest BCUT2D eigenvalue weighted by Gasteiger charge is 2.25. The molecule has 4 aromatic rings. The second-order valence-corrected chi connectivity index (χ2v) is 12.1. The van der Waals surface area contributed by atoms with Crippen molar-refractivity contribution in [2.45, 2.75) is 21.5 Å². The first-order chi connectivity index (χ1) is 16.3. The lowest BCUT2D eigenvalue weighted by atomic mass is 10.2. The first-order valence-electron chi connectivity index (χ1n) is 9.92. The van der Waals surface area contributed by atoms with E-state index in [9.17, 15) is 0 Å². The van der Waals surface area contributed by atoms with Gasteiger partial charge in [-0.3, -0.25) is 5.73 Å². The molecular formula is C23H20Cl2I2N3O2S2+. The molecule has 0 saturated carbocycles. The van der Waals surface area contributed by atoms with E-state index < -0.39 is 0 Å². The van der Waals surface area contributed by atoms with Crippen molar-refractivity contribution in [3.63, 3.8) is 0 Å². The quantitative estimate of drug-likeness (QED) is 0.114. The Labute approximate surface area is 243 Å². The average molecular weight is 759 g/mol. The third-order valence-corrected chi connectivity index (χ3v) is 10.7. The smallest absolute Gasteiger partial charge is 0.357 e. The van der Waals surface area contributed by atoms with Crippen molar-refractivity contribution >= 4 is 109 Å². The van der Waals surface area contributed by atoms with Crippen molar-refractivity contribution in [2.24, 2.45) is 0 Å². The molecule has 0 aliphatic carbocycles. The number of anilines is 1. The van der Waals surface area contributed by atoms with Gasteiger partial charge in [0.15, 0.2) is 11.5 Å². The van der Waals surface area contributed by atoms with Crippen LogP contribution in [-0.4, -0.2) is 18.8 Å². The van der Waals surface area contributed by atoms with Crippen LogP contribution in [0.3, 0.4) is 0 Å². The van der Waals surface area contributed by atoms with Crippen molar-refractivity contribution in [3.05, 3.63) is 65.7 Å². The number of benzene rings is 3. The Balaban J connectivity index is 1.76. The number of aromatic nitrogens is 2. The van der Waals surface area contributed by atoms with E-state index in [0.29, 0.717) is 29.2 Å². The number of hydrogen-bond donors (Lipinski definition) is 1. The maximum Gasteiger partial charge on any atom is 0.357 e. The summed E-state index contributed by atoms with van der Waals surface area (Å²) < 4.78 is 17.3. The Morgan fingerprint density at radius 2 is 1.47 bits per heavy atom. The summed E-state index contributed by atoms with van der Waals surface area (Å²) in [7, 11) is 3.26. The topological polar surface area (TPSA) is 53.3 Å². The number of ether oxygens (including phenoxy) is 2. The predicted octanol–water partition coefficient (Wildman–Crippen LogP) is 7.54. The van der Waals surface area contributed by atoms with Crippen LogP contribution in [-0.2, 0) is 11.8 Å². The van der Waals surface area contributed by atoms with Gasteiger partial charge in [-0.25, -0.2) is 9.13 Å². The molecular weight excluding hydrogens is 739 g/mol. The number of nitrogens with two attached hydrogens (primary N) is 1. The number of fused-ring (bicyclic) bond motifs is 1. The number of hydrogen-bond acceptors (Lipinski definition) is 5. The van der Waals surface area contributed by atoms with Crippen molar-refractivity contribution in [1.82, 2.24) is 4.57 Å². The SMILES string of the molecule is COc1cc2c(cc1OC)[n+](CSc1cccc(I)c1Cl)c(N)n2CSc1cccc(I)c1Cl. The van der Waals surface area contributed by atoms with Gasteiger partial charge < -0.3 is 9.47 Å². The average Bonchev–Trinajstić information content (AvgIpc) is 3.09. The van der Waals surface area contributed by atoms with Crippen LogP contribution in [0.4, 0.5) is 5.95 Å². The summed E-state index contributed by atoms with van der Waals surface area (Å²) in [6.45, 7) is 0. The Kier molecular flexibility index (Phi) is 8.95. The van der Waals surface area contributed by atoms with Gasteiger partial charge in [0.05, 0.1) is 24.3 Å². The largest absolute Gasteiger partial charge is 0.493 e. The van der Waals surface area contributed by atoms with Gasteiger partial charge >= 0.3 is 5.95 Å². The molecule has 0 atom stereocenters. The molecule has 0 amide bonds. The highest BCUT2D eigenvalue weighted by molar-refractivity contribution is 14.1. The van der Waals surface area contributed by atoms with Crippen LogP contribution >= 0.6 is 91.9 Å².